The van der Waals surface area contributed by atoms with Crippen LogP contribution in [0.3, 0.4) is 0 Å². The van der Waals surface area contributed by atoms with Gasteiger partial charge in [-0.05, 0) is 31.7 Å². The van der Waals surface area contributed by atoms with Crippen LogP contribution in [0.2, 0.25) is 0 Å². The zero-order chi connectivity index (χ0) is 16.3. The number of nitrogens with one attached hydrogen (secondary N) is 1. The van der Waals surface area contributed by atoms with Crippen molar-refractivity contribution in [2.75, 3.05) is 0 Å². The largest absolute Gasteiger partial charge is 0.480 e. The third-order valence-electron chi connectivity index (χ3n) is 5.26. The zero-order valence-corrected chi connectivity index (χ0v) is 13.5. The molecule has 2 fully saturated rings. The molecule has 3 rings (SSSR count). The van der Waals surface area contributed by atoms with Gasteiger partial charge in [-0.25, -0.2) is 4.79 Å². The number of aromatic nitrogens is 2. The summed E-state index contributed by atoms with van der Waals surface area (Å²) in [5.74, 6) is -1.30. The van der Waals surface area contributed by atoms with E-state index in [0.29, 0.717) is 24.6 Å². The summed E-state index contributed by atoms with van der Waals surface area (Å²) in [6.07, 6.45) is 11.2. The fourth-order valence-corrected chi connectivity index (χ4v) is 3.84. The Hall–Kier alpha value is -1.85. The summed E-state index contributed by atoms with van der Waals surface area (Å²) in [6.45, 7) is 0. The Morgan fingerprint density at radius 2 is 1.78 bits per heavy atom. The SMILES string of the molecule is O=C(NC1(C(=O)O)CCCCCC1)c1ccn(C2CCCC2)n1. The van der Waals surface area contributed by atoms with Crippen molar-refractivity contribution in [2.45, 2.75) is 75.8 Å². The smallest absolute Gasteiger partial charge is 0.329 e. The van der Waals surface area contributed by atoms with E-state index in [4.69, 9.17) is 0 Å². The van der Waals surface area contributed by atoms with E-state index in [1.54, 1.807) is 6.07 Å². The maximum atomic E-state index is 12.5. The molecule has 1 amide bonds. The Labute approximate surface area is 136 Å². The van der Waals surface area contributed by atoms with Crippen LogP contribution in [-0.4, -0.2) is 32.3 Å². The Morgan fingerprint density at radius 3 is 2.39 bits per heavy atom. The van der Waals surface area contributed by atoms with E-state index in [2.05, 4.69) is 10.4 Å². The molecule has 1 aromatic heterocycles. The third kappa shape index (κ3) is 3.41. The van der Waals surface area contributed by atoms with E-state index in [9.17, 15) is 14.7 Å². The molecular formula is C17H25N3O3. The summed E-state index contributed by atoms with van der Waals surface area (Å²) in [6, 6.07) is 2.07. The van der Waals surface area contributed by atoms with Crippen molar-refractivity contribution >= 4 is 11.9 Å². The number of aliphatic carboxylic acids is 1. The summed E-state index contributed by atoms with van der Waals surface area (Å²) in [4.78, 5) is 24.3. The van der Waals surface area contributed by atoms with Gasteiger partial charge in [0.2, 0.25) is 0 Å². The molecule has 0 aromatic carbocycles. The van der Waals surface area contributed by atoms with E-state index in [1.165, 1.54) is 12.8 Å². The quantitative estimate of drug-likeness (QED) is 0.836. The standard InChI is InChI=1S/C17H25N3O3/c21-15(14-9-12-20(19-14)13-7-3-4-8-13)18-17(16(22)23)10-5-1-2-6-11-17/h9,12-13H,1-8,10-11H2,(H,18,21)(H,22,23). The number of nitrogens with zero attached hydrogens (tertiary/aromatic N) is 2. The second-order valence-electron chi connectivity index (χ2n) is 6.87. The molecule has 0 atom stereocenters. The Morgan fingerprint density at radius 1 is 1.13 bits per heavy atom. The van der Waals surface area contributed by atoms with Gasteiger partial charge in [0, 0.05) is 6.20 Å². The summed E-state index contributed by atoms with van der Waals surface area (Å²) >= 11 is 0. The van der Waals surface area contributed by atoms with Crippen LogP contribution >= 0.6 is 0 Å². The molecule has 126 valence electrons. The van der Waals surface area contributed by atoms with E-state index < -0.39 is 11.5 Å². The van der Waals surface area contributed by atoms with Crippen LogP contribution in [0.25, 0.3) is 0 Å². The van der Waals surface area contributed by atoms with Crippen LogP contribution in [0, 0.1) is 0 Å². The summed E-state index contributed by atoms with van der Waals surface area (Å²) < 4.78 is 1.86. The zero-order valence-electron chi connectivity index (χ0n) is 13.5. The first-order chi connectivity index (χ1) is 11.1. The van der Waals surface area contributed by atoms with E-state index in [-0.39, 0.29) is 5.91 Å². The summed E-state index contributed by atoms with van der Waals surface area (Å²) in [7, 11) is 0. The first-order valence-corrected chi connectivity index (χ1v) is 8.72. The Kier molecular flexibility index (Phi) is 4.68. The highest BCUT2D eigenvalue weighted by atomic mass is 16.4. The Balaban J connectivity index is 1.72. The lowest BCUT2D eigenvalue weighted by Gasteiger charge is -2.28. The van der Waals surface area contributed by atoms with Crippen molar-refractivity contribution in [3.63, 3.8) is 0 Å². The van der Waals surface area contributed by atoms with Crippen molar-refractivity contribution < 1.29 is 14.7 Å². The highest BCUT2D eigenvalue weighted by Crippen LogP contribution is 2.30. The minimum absolute atomic E-state index is 0.321. The Bertz CT molecular complexity index is 567. The average Bonchev–Trinajstić information content (AvgIpc) is 3.16. The summed E-state index contributed by atoms with van der Waals surface area (Å²) in [5, 5.41) is 16.8. The van der Waals surface area contributed by atoms with Gasteiger partial charge in [-0.2, -0.15) is 5.10 Å². The van der Waals surface area contributed by atoms with Gasteiger partial charge in [-0.1, -0.05) is 38.5 Å². The topological polar surface area (TPSA) is 84.2 Å². The van der Waals surface area contributed by atoms with Crippen LogP contribution in [0.15, 0.2) is 12.3 Å². The molecule has 0 bridgehead atoms. The predicted molar refractivity (Wildman–Crippen MR) is 85.3 cm³/mol. The molecule has 2 aliphatic rings. The lowest BCUT2D eigenvalue weighted by Crippen LogP contribution is -2.54. The second kappa shape index (κ2) is 6.72. The maximum Gasteiger partial charge on any atom is 0.329 e. The van der Waals surface area contributed by atoms with Crippen LogP contribution in [0.5, 0.6) is 0 Å². The normalized spacial score (nSPS) is 21.7. The number of carbonyl (C=O) groups excluding carboxylic acids is 1. The van der Waals surface area contributed by atoms with Gasteiger partial charge < -0.3 is 10.4 Å². The van der Waals surface area contributed by atoms with Crippen molar-refractivity contribution in [1.82, 2.24) is 15.1 Å². The van der Waals surface area contributed by atoms with Gasteiger partial charge in [-0.3, -0.25) is 9.48 Å². The highest BCUT2D eigenvalue weighted by molar-refractivity contribution is 5.96. The molecule has 2 aliphatic carbocycles. The van der Waals surface area contributed by atoms with Crippen LogP contribution in [-0.2, 0) is 4.79 Å². The van der Waals surface area contributed by atoms with Gasteiger partial charge >= 0.3 is 5.97 Å². The van der Waals surface area contributed by atoms with Gasteiger partial charge in [0.15, 0.2) is 0 Å². The van der Waals surface area contributed by atoms with Crippen molar-refractivity contribution in [1.29, 1.82) is 0 Å². The van der Waals surface area contributed by atoms with Crippen LogP contribution < -0.4 is 5.32 Å². The second-order valence-corrected chi connectivity index (χ2v) is 6.87. The highest BCUT2D eigenvalue weighted by Gasteiger charge is 2.40. The average molecular weight is 319 g/mol. The monoisotopic (exact) mass is 319 g/mol. The minimum Gasteiger partial charge on any atom is -0.480 e. The number of hydrogen-bond donors (Lipinski definition) is 2. The summed E-state index contributed by atoms with van der Waals surface area (Å²) in [5.41, 5.74) is -0.813. The molecule has 23 heavy (non-hydrogen) atoms. The molecule has 2 saturated carbocycles. The van der Waals surface area contributed by atoms with E-state index in [1.807, 2.05) is 10.9 Å². The minimum atomic E-state index is -1.13. The maximum absolute atomic E-state index is 12.5. The predicted octanol–water partition coefficient (Wildman–Crippen LogP) is 2.91. The fourth-order valence-electron chi connectivity index (χ4n) is 3.84. The molecule has 0 radical (unpaired) electrons. The molecule has 0 saturated heterocycles. The van der Waals surface area contributed by atoms with Crippen LogP contribution in [0.1, 0.15) is 80.7 Å². The molecule has 6 nitrogen and oxygen atoms in total. The lowest BCUT2D eigenvalue weighted by molar-refractivity contribution is -0.145. The molecule has 1 aromatic rings. The van der Waals surface area contributed by atoms with Gasteiger partial charge in [0.1, 0.15) is 11.2 Å². The van der Waals surface area contributed by atoms with Crippen molar-refractivity contribution in [2.24, 2.45) is 0 Å². The first kappa shape index (κ1) is 16.0. The molecule has 2 N–H and O–H groups in total. The molecule has 0 spiro atoms. The molecule has 0 unspecified atom stereocenters. The number of carboxylic acids is 1. The van der Waals surface area contributed by atoms with Crippen molar-refractivity contribution in [3.8, 4) is 0 Å². The number of hydrogen-bond acceptors (Lipinski definition) is 3. The number of carboxylic acid groups (broad SMARTS) is 1. The third-order valence-corrected chi connectivity index (χ3v) is 5.26. The lowest BCUT2D eigenvalue weighted by atomic mass is 9.90. The first-order valence-electron chi connectivity index (χ1n) is 8.72. The van der Waals surface area contributed by atoms with Crippen LogP contribution in [0.4, 0.5) is 0 Å². The fraction of sp³-hybridized carbons (Fsp3) is 0.706. The number of carbonyl (C=O) groups is 2. The molecule has 0 aliphatic heterocycles. The molecule has 1 heterocycles. The van der Waals surface area contributed by atoms with E-state index >= 15 is 0 Å². The van der Waals surface area contributed by atoms with Gasteiger partial charge in [-0.15, -0.1) is 0 Å². The number of amides is 1. The van der Waals surface area contributed by atoms with Gasteiger partial charge in [0.25, 0.3) is 5.91 Å². The number of rotatable bonds is 4. The van der Waals surface area contributed by atoms with E-state index in [0.717, 1.165) is 38.5 Å². The molecular weight excluding hydrogens is 294 g/mol. The van der Waals surface area contributed by atoms with Gasteiger partial charge in [0.05, 0.1) is 6.04 Å². The van der Waals surface area contributed by atoms with Crippen molar-refractivity contribution in [3.05, 3.63) is 18.0 Å². The molecule has 6 heteroatoms.